The maximum Gasteiger partial charge on any atom is 0.236 e. The molecule has 136 valence electrons. The number of hydrogen-bond donors (Lipinski definition) is 1. The summed E-state index contributed by atoms with van der Waals surface area (Å²) in [4.78, 5) is 29.2. The highest BCUT2D eigenvalue weighted by molar-refractivity contribution is 8.00. The Morgan fingerprint density at radius 3 is 2.96 bits per heavy atom. The van der Waals surface area contributed by atoms with E-state index in [2.05, 4.69) is 27.2 Å². The molecule has 1 unspecified atom stereocenters. The number of carbonyl (C=O) groups is 1. The first-order valence-electron chi connectivity index (χ1n) is 8.63. The van der Waals surface area contributed by atoms with Crippen LogP contribution in [-0.4, -0.2) is 26.6 Å². The first-order chi connectivity index (χ1) is 12.5. The Labute approximate surface area is 164 Å². The van der Waals surface area contributed by atoms with Crippen LogP contribution in [-0.2, 0) is 17.6 Å². The zero-order valence-corrected chi connectivity index (χ0v) is 17.4. The molecule has 5 nitrogen and oxygen atoms in total. The highest BCUT2D eigenvalue weighted by atomic mass is 32.2. The fraction of sp³-hybridized carbons (Fsp3) is 0.444. The minimum atomic E-state index is -0.0479. The molecule has 1 amide bonds. The van der Waals surface area contributed by atoms with Gasteiger partial charge in [-0.2, -0.15) is 0 Å². The lowest BCUT2D eigenvalue weighted by Crippen LogP contribution is -2.14. The van der Waals surface area contributed by atoms with Crippen LogP contribution in [0.1, 0.15) is 34.4 Å². The predicted molar refractivity (Wildman–Crippen MR) is 110 cm³/mol. The molecule has 3 aromatic rings. The monoisotopic (exact) mass is 404 g/mol. The first-order valence-corrected chi connectivity index (χ1v) is 11.2. The van der Waals surface area contributed by atoms with Gasteiger partial charge in [-0.1, -0.05) is 18.7 Å². The van der Waals surface area contributed by atoms with Crippen molar-refractivity contribution in [1.82, 2.24) is 15.0 Å². The number of rotatable bonds is 4. The molecule has 0 bridgehead atoms. The SMILES string of the molecule is Cc1nc(NC(=O)CSc2ncnc3sc4c(c23)CCC(C)C4)sc1C. The van der Waals surface area contributed by atoms with Gasteiger partial charge >= 0.3 is 0 Å². The molecular formula is C18H20N4OS3. The van der Waals surface area contributed by atoms with Crippen molar-refractivity contribution >= 4 is 55.7 Å². The Kier molecular flexibility index (Phi) is 4.98. The van der Waals surface area contributed by atoms with Crippen LogP contribution in [0.15, 0.2) is 11.4 Å². The van der Waals surface area contributed by atoms with E-state index in [-0.39, 0.29) is 5.91 Å². The van der Waals surface area contributed by atoms with Gasteiger partial charge in [0, 0.05) is 15.1 Å². The lowest BCUT2D eigenvalue weighted by atomic mass is 9.89. The summed E-state index contributed by atoms with van der Waals surface area (Å²) >= 11 is 4.78. The molecule has 0 spiro atoms. The molecule has 0 saturated carbocycles. The van der Waals surface area contributed by atoms with Crippen molar-refractivity contribution < 1.29 is 4.79 Å². The molecule has 8 heteroatoms. The minimum Gasteiger partial charge on any atom is -0.301 e. The van der Waals surface area contributed by atoms with E-state index >= 15 is 0 Å². The third-order valence-electron chi connectivity index (χ3n) is 4.67. The zero-order valence-electron chi connectivity index (χ0n) is 15.0. The Balaban J connectivity index is 1.51. The number of thiazole rings is 1. The number of hydrogen-bond acceptors (Lipinski definition) is 7. The van der Waals surface area contributed by atoms with Crippen LogP contribution in [0.5, 0.6) is 0 Å². The highest BCUT2D eigenvalue weighted by Gasteiger charge is 2.23. The van der Waals surface area contributed by atoms with Crippen LogP contribution < -0.4 is 5.32 Å². The number of nitrogens with zero attached hydrogens (tertiary/aromatic N) is 3. The van der Waals surface area contributed by atoms with Crippen molar-refractivity contribution in [3.8, 4) is 0 Å². The number of amides is 1. The van der Waals surface area contributed by atoms with Gasteiger partial charge in [0.25, 0.3) is 0 Å². The van der Waals surface area contributed by atoms with Gasteiger partial charge in [0.05, 0.1) is 11.4 Å². The maximum absolute atomic E-state index is 12.3. The normalized spacial score (nSPS) is 16.7. The van der Waals surface area contributed by atoms with Crippen molar-refractivity contribution in [3.63, 3.8) is 0 Å². The summed E-state index contributed by atoms with van der Waals surface area (Å²) in [5.74, 6) is 1.01. The molecule has 3 heterocycles. The average molecular weight is 405 g/mol. The molecule has 1 atom stereocenters. The molecule has 0 aliphatic heterocycles. The van der Waals surface area contributed by atoms with Gasteiger partial charge in [0.15, 0.2) is 5.13 Å². The fourth-order valence-electron chi connectivity index (χ4n) is 3.17. The van der Waals surface area contributed by atoms with Crippen molar-refractivity contribution in [2.45, 2.75) is 45.1 Å². The standard InChI is InChI=1S/C18H20N4OS3/c1-9-4-5-12-13(6-9)26-17-15(12)16(19-8-20-17)24-7-14(23)22-18-21-10(2)11(3)25-18/h8-9H,4-7H2,1-3H3,(H,21,22,23). The fourth-order valence-corrected chi connectivity index (χ4v) is 6.24. The summed E-state index contributed by atoms with van der Waals surface area (Å²) in [5, 5.41) is 5.64. The topological polar surface area (TPSA) is 67.8 Å². The number of carbonyl (C=O) groups excluding carboxylic acids is 1. The van der Waals surface area contributed by atoms with Crippen LogP contribution in [0.3, 0.4) is 0 Å². The molecule has 1 aliphatic rings. The van der Waals surface area contributed by atoms with Crippen molar-refractivity contribution in [2.24, 2.45) is 5.92 Å². The second-order valence-electron chi connectivity index (χ2n) is 6.71. The van der Waals surface area contributed by atoms with Crippen LogP contribution in [0.4, 0.5) is 5.13 Å². The third kappa shape index (κ3) is 3.50. The van der Waals surface area contributed by atoms with Crippen LogP contribution in [0, 0.1) is 19.8 Å². The summed E-state index contributed by atoms with van der Waals surface area (Å²) in [6, 6.07) is 0. The number of thioether (sulfide) groups is 1. The number of aryl methyl sites for hydroxylation is 3. The van der Waals surface area contributed by atoms with Crippen LogP contribution in [0.2, 0.25) is 0 Å². The van der Waals surface area contributed by atoms with Gasteiger partial charge in [-0.25, -0.2) is 15.0 Å². The molecule has 3 aromatic heterocycles. The summed E-state index contributed by atoms with van der Waals surface area (Å²) in [5.41, 5.74) is 2.37. The molecule has 4 rings (SSSR count). The van der Waals surface area contributed by atoms with E-state index in [1.165, 1.54) is 40.0 Å². The van der Waals surface area contributed by atoms with E-state index in [4.69, 9.17) is 0 Å². The lowest BCUT2D eigenvalue weighted by molar-refractivity contribution is -0.113. The van der Waals surface area contributed by atoms with Gasteiger partial charge in [0.2, 0.25) is 5.91 Å². The molecule has 26 heavy (non-hydrogen) atoms. The molecule has 0 fully saturated rings. The second kappa shape index (κ2) is 7.25. The molecule has 0 saturated heterocycles. The van der Waals surface area contributed by atoms with Crippen LogP contribution in [0.25, 0.3) is 10.2 Å². The maximum atomic E-state index is 12.3. The predicted octanol–water partition coefficient (Wildman–Crippen LogP) is 4.62. The summed E-state index contributed by atoms with van der Waals surface area (Å²) in [6.07, 6.45) is 5.04. The van der Waals surface area contributed by atoms with Gasteiger partial charge in [-0.05, 0) is 44.6 Å². The van der Waals surface area contributed by atoms with Crippen LogP contribution >= 0.6 is 34.4 Å². The summed E-state index contributed by atoms with van der Waals surface area (Å²) in [7, 11) is 0. The molecule has 0 aromatic carbocycles. The molecular weight excluding hydrogens is 384 g/mol. The first kappa shape index (κ1) is 17.9. The quantitative estimate of drug-likeness (QED) is 0.508. The zero-order chi connectivity index (χ0) is 18.3. The van der Waals surface area contributed by atoms with Gasteiger partial charge < -0.3 is 5.32 Å². The Morgan fingerprint density at radius 1 is 1.35 bits per heavy atom. The van der Waals surface area contributed by atoms with Crippen molar-refractivity contribution in [2.75, 3.05) is 11.1 Å². The highest BCUT2D eigenvalue weighted by Crippen LogP contribution is 2.40. The minimum absolute atomic E-state index is 0.0479. The Morgan fingerprint density at radius 2 is 2.19 bits per heavy atom. The number of aromatic nitrogens is 3. The lowest BCUT2D eigenvalue weighted by Gasteiger charge is -2.18. The molecule has 1 aliphatic carbocycles. The number of anilines is 1. The van der Waals surface area contributed by atoms with E-state index < -0.39 is 0 Å². The Hall–Kier alpha value is -1.51. The van der Waals surface area contributed by atoms with Crippen molar-refractivity contribution in [1.29, 1.82) is 0 Å². The summed E-state index contributed by atoms with van der Waals surface area (Å²) < 4.78 is 0. The number of nitrogens with one attached hydrogen (secondary N) is 1. The smallest absolute Gasteiger partial charge is 0.236 e. The Bertz CT molecular complexity index is 959. The van der Waals surface area contributed by atoms with Crippen molar-refractivity contribution in [3.05, 3.63) is 27.3 Å². The largest absolute Gasteiger partial charge is 0.301 e. The summed E-state index contributed by atoms with van der Waals surface area (Å²) in [6.45, 7) is 6.27. The second-order valence-corrected chi connectivity index (χ2v) is 9.96. The van der Waals surface area contributed by atoms with E-state index in [0.29, 0.717) is 10.9 Å². The third-order valence-corrected chi connectivity index (χ3v) is 7.81. The molecule has 1 N–H and O–H groups in total. The average Bonchev–Trinajstić information content (AvgIpc) is 3.12. The number of thiophene rings is 1. The van der Waals surface area contributed by atoms with E-state index in [9.17, 15) is 4.79 Å². The molecule has 0 radical (unpaired) electrons. The van der Waals surface area contributed by atoms with Gasteiger partial charge in [-0.15, -0.1) is 22.7 Å². The number of fused-ring (bicyclic) bond motifs is 3. The van der Waals surface area contributed by atoms with Gasteiger partial charge in [0.1, 0.15) is 16.2 Å². The van der Waals surface area contributed by atoms with Gasteiger partial charge in [-0.3, -0.25) is 4.79 Å². The van der Waals surface area contributed by atoms with E-state index in [1.54, 1.807) is 17.7 Å². The van der Waals surface area contributed by atoms with E-state index in [0.717, 1.165) is 44.6 Å². The van der Waals surface area contributed by atoms with E-state index in [1.807, 2.05) is 13.8 Å².